The van der Waals surface area contributed by atoms with Gasteiger partial charge in [0.05, 0.1) is 0 Å². The van der Waals surface area contributed by atoms with Crippen LogP contribution in [-0.4, -0.2) is 43.1 Å². The zero-order chi connectivity index (χ0) is 22.6. The number of rotatable bonds is 8. The first-order chi connectivity index (χ1) is 14.6. The molecule has 0 saturated carbocycles. The van der Waals surface area contributed by atoms with Crippen LogP contribution in [0.4, 0.5) is 17.6 Å². The molecule has 0 saturated heterocycles. The first-order valence-electron chi connectivity index (χ1n) is 9.16. The molecule has 11 heteroatoms. The molecular formula is C20H18F4N4O3. The van der Waals surface area contributed by atoms with Crippen LogP contribution in [0.3, 0.4) is 0 Å². The monoisotopic (exact) mass is 438 g/mol. The Hall–Kier alpha value is -3.34. The van der Waals surface area contributed by atoms with Gasteiger partial charge in [0, 0.05) is 36.9 Å². The molecule has 0 spiro atoms. The Morgan fingerprint density at radius 3 is 2.52 bits per heavy atom. The largest absolute Gasteiger partial charge is 0.471 e. The third-order valence-electron chi connectivity index (χ3n) is 4.50. The summed E-state index contributed by atoms with van der Waals surface area (Å²) in [5.41, 5.74) is 1.88. The third kappa shape index (κ3) is 5.63. The van der Waals surface area contributed by atoms with Crippen molar-refractivity contribution in [3.8, 4) is 17.1 Å². The minimum atomic E-state index is -4.76. The number of alkyl halides is 3. The highest BCUT2D eigenvalue weighted by molar-refractivity contribution is 5.95. The van der Waals surface area contributed by atoms with Crippen molar-refractivity contribution in [2.24, 2.45) is 7.05 Å². The maximum Gasteiger partial charge on any atom is 0.414 e. The van der Waals surface area contributed by atoms with E-state index in [1.165, 1.54) is 35.1 Å². The molecule has 0 aliphatic heterocycles. The zero-order valence-corrected chi connectivity index (χ0v) is 16.3. The van der Waals surface area contributed by atoms with E-state index >= 15 is 0 Å². The molecule has 0 radical (unpaired) electrons. The molecule has 2 aromatic heterocycles. The average molecular weight is 438 g/mol. The van der Waals surface area contributed by atoms with Gasteiger partial charge in [-0.1, -0.05) is 5.21 Å². The molecule has 1 aromatic carbocycles. The van der Waals surface area contributed by atoms with Crippen LogP contribution in [0.1, 0.15) is 28.9 Å². The number of aliphatic hydroxyl groups excluding tert-OH is 1. The number of hydrogen-bond donors (Lipinski definition) is 1. The summed E-state index contributed by atoms with van der Waals surface area (Å²) in [6.45, 7) is 0.0360. The summed E-state index contributed by atoms with van der Waals surface area (Å²) in [6.07, 6.45) is -7.30. The van der Waals surface area contributed by atoms with E-state index in [1.54, 1.807) is 19.2 Å². The number of aliphatic hydroxyl groups is 1. The van der Waals surface area contributed by atoms with Crippen molar-refractivity contribution in [3.05, 3.63) is 59.7 Å². The first kappa shape index (κ1) is 22.3. The summed E-state index contributed by atoms with van der Waals surface area (Å²) in [4.78, 5) is 16.0. The second kappa shape index (κ2) is 9.21. The molecule has 7 nitrogen and oxygen atoms in total. The number of Topliss-reactive ketones (excluding diaryl/α,β-unsaturated/α-hetero) is 1. The van der Waals surface area contributed by atoms with Gasteiger partial charge >= 0.3 is 6.18 Å². The quantitative estimate of drug-likeness (QED) is 0.428. The Morgan fingerprint density at radius 1 is 1.19 bits per heavy atom. The number of hydrogen-bond acceptors (Lipinski definition) is 6. The minimum absolute atomic E-state index is 0.0360. The predicted octanol–water partition coefficient (Wildman–Crippen LogP) is 3.48. The van der Waals surface area contributed by atoms with Crippen LogP contribution < -0.4 is 4.74 Å². The van der Waals surface area contributed by atoms with E-state index in [9.17, 15) is 22.4 Å². The molecule has 1 N–H and O–H groups in total. The third-order valence-corrected chi connectivity index (χ3v) is 4.50. The van der Waals surface area contributed by atoms with E-state index in [4.69, 9.17) is 9.84 Å². The van der Waals surface area contributed by atoms with Gasteiger partial charge in [-0.2, -0.15) is 13.2 Å². The molecule has 2 heterocycles. The van der Waals surface area contributed by atoms with E-state index in [0.717, 1.165) is 0 Å². The molecular weight excluding hydrogens is 420 g/mol. The lowest BCUT2D eigenvalue weighted by molar-refractivity contribution is -0.204. The fraction of sp³-hybridized carbons (Fsp3) is 0.300. The second-order valence-corrected chi connectivity index (χ2v) is 6.71. The van der Waals surface area contributed by atoms with E-state index in [2.05, 4.69) is 15.3 Å². The Bertz CT molecular complexity index is 1030. The molecule has 31 heavy (non-hydrogen) atoms. The summed E-state index contributed by atoms with van der Waals surface area (Å²) in [7, 11) is 1.67. The molecule has 0 fully saturated rings. The van der Waals surface area contributed by atoms with E-state index < -0.39 is 30.9 Å². The highest BCUT2D eigenvalue weighted by atomic mass is 19.4. The molecule has 0 aliphatic carbocycles. The summed E-state index contributed by atoms with van der Waals surface area (Å²) in [6, 6.07) is 8.54. The topological polar surface area (TPSA) is 90.1 Å². The van der Waals surface area contributed by atoms with Crippen molar-refractivity contribution >= 4 is 5.78 Å². The van der Waals surface area contributed by atoms with E-state index in [-0.39, 0.29) is 23.9 Å². The molecule has 164 valence electrons. The fourth-order valence-corrected chi connectivity index (χ4v) is 2.72. The summed E-state index contributed by atoms with van der Waals surface area (Å²) in [5, 5.41) is 17.0. The minimum Gasteiger partial charge on any atom is -0.471 e. The lowest BCUT2D eigenvalue weighted by atomic mass is 10.1. The normalized spacial score (nSPS) is 12.6. The van der Waals surface area contributed by atoms with Gasteiger partial charge in [-0.25, -0.2) is 14.1 Å². The summed E-state index contributed by atoms with van der Waals surface area (Å²) >= 11 is 0. The van der Waals surface area contributed by atoms with Crippen molar-refractivity contribution in [1.29, 1.82) is 0 Å². The van der Waals surface area contributed by atoms with Crippen LogP contribution in [0, 0.1) is 5.82 Å². The van der Waals surface area contributed by atoms with E-state index in [0.29, 0.717) is 17.0 Å². The fourth-order valence-electron chi connectivity index (χ4n) is 2.72. The van der Waals surface area contributed by atoms with Gasteiger partial charge in [-0.15, -0.1) is 5.10 Å². The van der Waals surface area contributed by atoms with Crippen LogP contribution in [-0.2, 0) is 13.7 Å². The van der Waals surface area contributed by atoms with Crippen LogP contribution in [0.15, 0.2) is 42.6 Å². The van der Waals surface area contributed by atoms with Crippen molar-refractivity contribution in [2.75, 3.05) is 0 Å². The highest BCUT2D eigenvalue weighted by Crippen LogP contribution is 2.24. The Labute approximate surface area is 174 Å². The van der Waals surface area contributed by atoms with Gasteiger partial charge in [0.1, 0.15) is 29.9 Å². The Balaban J connectivity index is 1.62. The molecule has 0 aliphatic rings. The molecule has 1 atom stereocenters. The Kier molecular flexibility index (Phi) is 6.64. The maximum atomic E-state index is 13.1. The number of halogens is 4. The standard InChI is InChI=1S/C20H18F4N4O3/c1-28-15(19(26-27-28)12-2-5-14(21)6-3-12)11-31-18-9-4-13(10-25-18)16(29)7-8-17(30)20(22,23)24/h2-6,9-10,17,30H,7-8,11H2,1H3. The van der Waals surface area contributed by atoms with Crippen LogP contribution in [0.2, 0.25) is 0 Å². The lowest BCUT2D eigenvalue weighted by Crippen LogP contribution is -2.28. The molecule has 0 bridgehead atoms. The van der Waals surface area contributed by atoms with E-state index in [1.807, 2.05) is 0 Å². The zero-order valence-electron chi connectivity index (χ0n) is 16.3. The smallest absolute Gasteiger partial charge is 0.414 e. The van der Waals surface area contributed by atoms with Crippen LogP contribution in [0.25, 0.3) is 11.3 Å². The van der Waals surface area contributed by atoms with Crippen molar-refractivity contribution < 1.29 is 32.2 Å². The van der Waals surface area contributed by atoms with Gasteiger partial charge in [-0.3, -0.25) is 4.79 Å². The number of benzene rings is 1. The van der Waals surface area contributed by atoms with Gasteiger partial charge in [0.25, 0.3) is 0 Å². The molecule has 0 amide bonds. The number of aromatic nitrogens is 4. The van der Waals surface area contributed by atoms with Crippen molar-refractivity contribution in [2.45, 2.75) is 31.7 Å². The number of pyridine rings is 1. The lowest BCUT2D eigenvalue weighted by Gasteiger charge is -2.13. The number of nitrogens with zero attached hydrogens (tertiary/aromatic N) is 4. The first-order valence-corrected chi connectivity index (χ1v) is 9.16. The van der Waals surface area contributed by atoms with Crippen LogP contribution >= 0.6 is 0 Å². The van der Waals surface area contributed by atoms with Gasteiger partial charge in [-0.05, 0) is 36.8 Å². The maximum absolute atomic E-state index is 13.1. The SMILES string of the molecule is Cn1nnc(-c2ccc(F)cc2)c1COc1ccc(C(=O)CCC(O)C(F)(F)F)cn1. The summed E-state index contributed by atoms with van der Waals surface area (Å²) < 4.78 is 57.2. The number of ether oxygens (including phenoxy) is 1. The predicted molar refractivity (Wildman–Crippen MR) is 101 cm³/mol. The number of carbonyl (C=O) groups is 1. The van der Waals surface area contributed by atoms with Crippen molar-refractivity contribution in [1.82, 2.24) is 20.0 Å². The summed E-state index contributed by atoms with van der Waals surface area (Å²) in [5.74, 6) is -0.771. The van der Waals surface area contributed by atoms with Crippen molar-refractivity contribution in [3.63, 3.8) is 0 Å². The van der Waals surface area contributed by atoms with Gasteiger partial charge in [0.15, 0.2) is 5.78 Å². The number of ketones is 1. The highest BCUT2D eigenvalue weighted by Gasteiger charge is 2.38. The second-order valence-electron chi connectivity index (χ2n) is 6.71. The Morgan fingerprint density at radius 2 is 1.90 bits per heavy atom. The van der Waals surface area contributed by atoms with Gasteiger partial charge in [0.2, 0.25) is 5.88 Å². The van der Waals surface area contributed by atoms with Gasteiger partial charge < -0.3 is 9.84 Å². The molecule has 1 unspecified atom stereocenters. The average Bonchev–Trinajstić information content (AvgIpc) is 3.10. The number of aryl methyl sites for hydroxylation is 1. The molecule has 3 aromatic rings. The van der Waals surface area contributed by atoms with Crippen LogP contribution in [0.5, 0.6) is 5.88 Å². The molecule has 3 rings (SSSR count). The number of carbonyl (C=O) groups excluding carboxylic acids is 1.